The first-order chi connectivity index (χ1) is 13.1. The number of halogens is 2. The summed E-state index contributed by atoms with van der Waals surface area (Å²) >= 11 is 11.9. The van der Waals surface area contributed by atoms with Crippen molar-refractivity contribution in [1.82, 2.24) is 4.90 Å². The van der Waals surface area contributed by atoms with Gasteiger partial charge >= 0.3 is 0 Å². The van der Waals surface area contributed by atoms with E-state index in [4.69, 9.17) is 23.2 Å². The standard InChI is InChI=1S/C20H24Cl2N2O3S/c1-15-6-9-18(22)13-19(15)24(28(3,26)27)12-4-5-20(25)23(2)14-16-7-10-17(21)11-8-16/h6-11,13H,4-5,12,14H2,1-3H3. The maximum atomic E-state index is 12.4. The average Bonchev–Trinajstić information content (AvgIpc) is 2.61. The molecule has 2 aromatic carbocycles. The molecule has 0 unspecified atom stereocenters. The summed E-state index contributed by atoms with van der Waals surface area (Å²) in [6, 6.07) is 12.4. The fourth-order valence-electron chi connectivity index (χ4n) is 2.83. The minimum absolute atomic E-state index is 0.0498. The van der Waals surface area contributed by atoms with Crippen LogP contribution in [-0.2, 0) is 21.4 Å². The van der Waals surface area contributed by atoms with E-state index in [1.54, 1.807) is 42.3 Å². The zero-order valence-electron chi connectivity index (χ0n) is 16.2. The summed E-state index contributed by atoms with van der Waals surface area (Å²) in [5.41, 5.74) is 2.32. The van der Waals surface area contributed by atoms with Crippen molar-refractivity contribution in [3.8, 4) is 0 Å². The molecule has 0 heterocycles. The molecule has 0 aliphatic heterocycles. The quantitative estimate of drug-likeness (QED) is 0.604. The third-order valence-electron chi connectivity index (χ3n) is 4.35. The van der Waals surface area contributed by atoms with Crippen LogP contribution in [0.25, 0.3) is 0 Å². The molecule has 0 bridgehead atoms. The van der Waals surface area contributed by atoms with E-state index in [-0.39, 0.29) is 18.9 Å². The van der Waals surface area contributed by atoms with Gasteiger partial charge in [-0.25, -0.2) is 8.42 Å². The van der Waals surface area contributed by atoms with Gasteiger partial charge in [0.05, 0.1) is 11.9 Å². The number of anilines is 1. The van der Waals surface area contributed by atoms with Crippen molar-refractivity contribution in [3.05, 3.63) is 63.6 Å². The van der Waals surface area contributed by atoms with Crippen LogP contribution in [0.3, 0.4) is 0 Å². The highest BCUT2D eigenvalue weighted by Gasteiger charge is 2.20. The number of rotatable bonds is 8. The molecule has 0 spiro atoms. The number of carbonyl (C=O) groups is 1. The van der Waals surface area contributed by atoms with Crippen LogP contribution in [-0.4, -0.2) is 39.1 Å². The minimum atomic E-state index is -3.49. The molecule has 0 aromatic heterocycles. The molecule has 0 saturated heterocycles. The Morgan fingerprint density at radius 1 is 1.04 bits per heavy atom. The smallest absolute Gasteiger partial charge is 0.232 e. The fraction of sp³-hybridized carbons (Fsp3) is 0.350. The molecule has 2 rings (SSSR count). The van der Waals surface area contributed by atoms with Crippen molar-refractivity contribution in [2.24, 2.45) is 0 Å². The number of nitrogens with zero attached hydrogens (tertiary/aromatic N) is 2. The Kier molecular flexibility index (Phi) is 7.75. The second-order valence-electron chi connectivity index (χ2n) is 6.75. The molecule has 0 atom stereocenters. The summed E-state index contributed by atoms with van der Waals surface area (Å²) in [5.74, 6) is -0.0498. The fourth-order valence-corrected chi connectivity index (χ4v) is 4.14. The van der Waals surface area contributed by atoms with Crippen LogP contribution in [0.1, 0.15) is 24.0 Å². The van der Waals surface area contributed by atoms with Crippen molar-refractivity contribution < 1.29 is 13.2 Å². The summed E-state index contributed by atoms with van der Waals surface area (Å²) in [6.07, 6.45) is 1.81. The van der Waals surface area contributed by atoms with Crippen molar-refractivity contribution in [2.45, 2.75) is 26.3 Å². The van der Waals surface area contributed by atoms with Gasteiger partial charge in [0.15, 0.2) is 0 Å². The van der Waals surface area contributed by atoms with Gasteiger partial charge in [0.1, 0.15) is 0 Å². The Morgan fingerprint density at radius 2 is 1.64 bits per heavy atom. The Hall–Kier alpha value is -1.76. The van der Waals surface area contributed by atoms with Crippen LogP contribution in [0.4, 0.5) is 5.69 Å². The predicted octanol–water partition coefficient (Wildman–Crippen LogP) is 4.51. The Labute approximate surface area is 176 Å². The van der Waals surface area contributed by atoms with Gasteiger partial charge in [-0.2, -0.15) is 0 Å². The van der Waals surface area contributed by atoms with E-state index in [9.17, 15) is 13.2 Å². The molecule has 2 aromatic rings. The van der Waals surface area contributed by atoms with Gasteiger partial charge in [-0.05, 0) is 48.7 Å². The van der Waals surface area contributed by atoms with E-state index >= 15 is 0 Å². The number of amides is 1. The molecule has 8 heteroatoms. The number of carbonyl (C=O) groups excluding carboxylic acids is 1. The highest BCUT2D eigenvalue weighted by Crippen LogP contribution is 2.26. The molecule has 0 saturated carbocycles. The molecule has 5 nitrogen and oxygen atoms in total. The van der Waals surface area contributed by atoms with Gasteiger partial charge in [0.2, 0.25) is 15.9 Å². The first-order valence-corrected chi connectivity index (χ1v) is 11.4. The molecular weight excluding hydrogens is 419 g/mol. The second-order valence-corrected chi connectivity index (χ2v) is 9.53. The minimum Gasteiger partial charge on any atom is -0.341 e. The average molecular weight is 443 g/mol. The van der Waals surface area contributed by atoms with Gasteiger partial charge in [-0.15, -0.1) is 0 Å². The van der Waals surface area contributed by atoms with Crippen molar-refractivity contribution in [3.63, 3.8) is 0 Å². The van der Waals surface area contributed by atoms with E-state index in [2.05, 4.69) is 0 Å². The van der Waals surface area contributed by atoms with E-state index in [0.29, 0.717) is 28.7 Å². The van der Waals surface area contributed by atoms with Crippen molar-refractivity contribution in [1.29, 1.82) is 0 Å². The summed E-state index contributed by atoms with van der Waals surface area (Å²) in [7, 11) is -1.76. The van der Waals surface area contributed by atoms with Gasteiger partial charge in [0, 0.05) is 36.6 Å². The zero-order chi connectivity index (χ0) is 20.9. The number of hydrogen-bond donors (Lipinski definition) is 0. The van der Waals surface area contributed by atoms with E-state index in [1.807, 2.05) is 19.1 Å². The SMILES string of the molecule is Cc1ccc(Cl)cc1N(CCCC(=O)N(C)Cc1ccc(Cl)cc1)S(C)(=O)=O. The predicted molar refractivity (Wildman–Crippen MR) is 116 cm³/mol. The lowest BCUT2D eigenvalue weighted by Gasteiger charge is -2.25. The summed E-state index contributed by atoms with van der Waals surface area (Å²) < 4.78 is 25.8. The van der Waals surface area contributed by atoms with Crippen LogP contribution < -0.4 is 4.31 Å². The van der Waals surface area contributed by atoms with Crippen molar-refractivity contribution >= 4 is 44.8 Å². The topological polar surface area (TPSA) is 57.7 Å². The number of hydrogen-bond acceptors (Lipinski definition) is 3. The Morgan fingerprint density at radius 3 is 2.25 bits per heavy atom. The third-order valence-corrected chi connectivity index (χ3v) is 6.02. The Balaban J connectivity index is 1.99. The maximum absolute atomic E-state index is 12.4. The summed E-state index contributed by atoms with van der Waals surface area (Å²) in [6.45, 7) is 2.51. The lowest BCUT2D eigenvalue weighted by Crippen LogP contribution is -2.33. The largest absolute Gasteiger partial charge is 0.341 e. The Bertz CT molecular complexity index is 931. The van der Waals surface area contributed by atoms with Gasteiger partial charge in [-0.1, -0.05) is 41.4 Å². The maximum Gasteiger partial charge on any atom is 0.232 e. The number of aryl methyl sites for hydroxylation is 1. The van der Waals surface area contributed by atoms with E-state index in [1.165, 1.54) is 4.31 Å². The number of sulfonamides is 1. The van der Waals surface area contributed by atoms with E-state index < -0.39 is 10.0 Å². The molecule has 0 N–H and O–H groups in total. The molecule has 152 valence electrons. The highest BCUT2D eigenvalue weighted by molar-refractivity contribution is 7.92. The molecule has 0 fully saturated rings. The second kappa shape index (κ2) is 9.63. The first-order valence-electron chi connectivity index (χ1n) is 8.80. The van der Waals surface area contributed by atoms with Crippen LogP contribution >= 0.6 is 23.2 Å². The monoisotopic (exact) mass is 442 g/mol. The molecule has 0 aliphatic rings. The lowest BCUT2D eigenvalue weighted by atomic mass is 10.2. The van der Waals surface area contributed by atoms with Crippen LogP contribution in [0, 0.1) is 6.92 Å². The lowest BCUT2D eigenvalue weighted by molar-refractivity contribution is -0.130. The molecule has 0 radical (unpaired) electrons. The number of benzene rings is 2. The molecular formula is C20H24Cl2N2O3S. The van der Waals surface area contributed by atoms with Gasteiger partial charge < -0.3 is 4.90 Å². The summed E-state index contributed by atoms with van der Waals surface area (Å²) in [4.78, 5) is 14.0. The first kappa shape index (κ1) is 22.5. The molecule has 28 heavy (non-hydrogen) atoms. The van der Waals surface area contributed by atoms with Gasteiger partial charge in [0.25, 0.3) is 0 Å². The summed E-state index contributed by atoms with van der Waals surface area (Å²) in [5, 5.41) is 1.11. The van der Waals surface area contributed by atoms with Crippen LogP contribution in [0.2, 0.25) is 10.0 Å². The zero-order valence-corrected chi connectivity index (χ0v) is 18.5. The van der Waals surface area contributed by atoms with E-state index in [0.717, 1.165) is 17.4 Å². The van der Waals surface area contributed by atoms with Crippen LogP contribution in [0.15, 0.2) is 42.5 Å². The van der Waals surface area contributed by atoms with Gasteiger partial charge in [-0.3, -0.25) is 9.10 Å². The highest BCUT2D eigenvalue weighted by atomic mass is 35.5. The third kappa shape index (κ3) is 6.40. The molecule has 1 amide bonds. The van der Waals surface area contributed by atoms with Crippen LogP contribution in [0.5, 0.6) is 0 Å². The molecule has 0 aliphatic carbocycles. The normalized spacial score (nSPS) is 11.3. The van der Waals surface area contributed by atoms with Crippen molar-refractivity contribution in [2.75, 3.05) is 24.2 Å².